The Balaban J connectivity index is 2.23. The molecule has 1 amide bonds. The molecule has 0 heterocycles. The molecule has 0 aromatic heterocycles. The maximum Gasteiger partial charge on any atom is 0.339 e. The SMILES string of the molecule is CC(=O)NC(C)Cc1ccccc1OS(=O)(=O)c1ccc(C)cc1. The van der Waals surface area contributed by atoms with Crippen LogP contribution in [0.3, 0.4) is 0 Å². The van der Waals surface area contributed by atoms with Crippen molar-refractivity contribution < 1.29 is 17.4 Å². The molecule has 2 aromatic carbocycles. The van der Waals surface area contributed by atoms with Gasteiger partial charge >= 0.3 is 10.1 Å². The van der Waals surface area contributed by atoms with Crippen LogP contribution in [0.15, 0.2) is 53.4 Å². The third-order valence-electron chi connectivity index (χ3n) is 3.46. The van der Waals surface area contributed by atoms with Gasteiger partial charge in [0.25, 0.3) is 0 Å². The molecule has 128 valence electrons. The molecule has 0 spiro atoms. The van der Waals surface area contributed by atoms with Gasteiger partial charge in [0.15, 0.2) is 0 Å². The van der Waals surface area contributed by atoms with Crippen LogP contribution in [0, 0.1) is 6.92 Å². The highest BCUT2D eigenvalue weighted by atomic mass is 32.2. The highest BCUT2D eigenvalue weighted by Crippen LogP contribution is 2.24. The number of carbonyl (C=O) groups is 1. The molecule has 0 aliphatic carbocycles. The van der Waals surface area contributed by atoms with Crippen molar-refractivity contribution in [2.45, 2.75) is 38.1 Å². The summed E-state index contributed by atoms with van der Waals surface area (Å²) in [6, 6.07) is 13.3. The Morgan fingerprint density at radius 1 is 1.12 bits per heavy atom. The van der Waals surface area contributed by atoms with Crippen LogP contribution in [-0.2, 0) is 21.3 Å². The first-order valence-corrected chi connectivity index (χ1v) is 9.05. The van der Waals surface area contributed by atoms with Crippen LogP contribution in [0.25, 0.3) is 0 Å². The Hall–Kier alpha value is -2.34. The van der Waals surface area contributed by atoms with Crippen LogP contribution in [0.4, 0.5) is 0 Å². The van der Waals surface area contributed by atoms with E-state index in [1.165, 1.54) is 19.1 Å². The number of hydrogen-bond donors (Lipinski definition) is 1. The molecule has 0 fully saturated rings. The maximum absolute atomic E-state index is 12.4. The van der Waals surface area contributed by atoms with Crippen molar-refractivity contribution >= 4 is 16.0 Å². The summed E-state index contributed by atoms with van der Waals surface area (Å²) in [4.78, 5) is 11.2. The summed E-state index contributed by atoms with van der Waals surface area (Å²) >= 11 is 0. The number of rotatable bonds is 6. The van der Waals surface area contributed by atoms with E-state index in [2.05, 4.69) is 5.32 Å². The van der Waals surface area contributed by atoms with E-state index in [4.69, 9.17) is 4.18 Å². The average molecular weight is 347 g/mol. The Morgan fingerprint density at radius 2 is 1.75 bits per heavy atom. The van der Waals surface area contributed by atoms with E-state index >= 15 is 0 Å². The van der Waals surface area contributed by atoms with Gasteiger partial charge in [-0.1, -0.05) is 35.9 Å². The lowest BCUT2D eigenvalue weighted by molar-refractivity contribution is -0.119. The zero-order chi connectivity index (χ0) is 17.7. The van der Waals surface area contributed by atoms with E-state index in [1.807, 2.05) is 13.8 Å². The van der Waals surface area contributed by atoms with Gasteiger partial charge in [-0.2, -0.15) is 8.42 Å². The van der Waals surface area contributed by atoms with Crippen LogP contribution in [0.5, 0.6) is 5.75 Å². The predicted molar refractivity (Wildman–Crippen MR) is 92.4 cm³/mol. The zero-order valence-corrected chi connectivity index (χ0v) is 14.8. The lowest BCUT2D eigenvalue weighted by Crippen LogP contribution is -2.32. The largest absolute Gasteiger partial charge is 0.379 e. The van der Waals surface area contributed by atoms with Crippen LogP contribution >= 0.6 is 0 Å². The van der Waals surface area contributed by atoms with E-state index in [-0.39, 0.29) is 22.6 Å². The van der Waals surface area contributed by atoms with Crippen molar-refractivity contribution in [3.05, 3.63) is 59.7 Å². The molecule has 5 nitrogen and oxygen atoms in total. The molecule has 1 unspecified atom stereocenters. The lowest BCUT2D eigenvalue weighted by Gasteiger charge is -2.16. The topological polar surface area (TPSA) is 72.5 Å². The first kappa shape index (κ1) is 18.0. The minimum absolute atomic E-state index is 0.109. The Bertz CT molecular complexity index is 813. The molecule has 2 aromatic rings. The van der Waals surface area contributed by atoms with E-state index in [1.54, 1.807) is 36.4 Å². The molecule has 2 rings (SSSR count). The number of aryl methyl sites for hydroxylation is 1. The standard InChI is InChI=1S/C18H21NO4S/c1-13-8-10-17(11-9-13)24(21,22)23-18-7-5-4-6-16(18)12-14(2)19-15(3)20/h4-11,14H,12H2,1-3H3,(H,19,20). The Labute approximate surface area is 142 Å². The number of benzene rings is 2. The number of amides is 1. The summed E-state index contributed by atoms with van der Waals surface area (Å²) in [6.45, 7) is 5.18. The van der Waals surface area contributed by atoms with E-state index in [0.29, 0.717) is 6.42 Å². The molecule has 0 radical (unpaired) electrons. The van der Waals surface area contributed by atoms with E-state index < -0.39 is 10.1 Å². The van der Waals surface area contributed by atoms with Crippen molar-refractivity contribution in [3.63, 3.8) is 0 Å². The number of hydrogen-bond acceptors (Lipinski definition) is 4. The number of para-hydroxylation sites is 1. The Morgan fingerprint density at radius 3 is 2.38 bits per heavy atom. The second-order valence-corrected chi connectivity index (χ2v) is 7.31. The smallest absolute Gasteiger partial charge is 0.339 e. The molecular weight excluding hydrogens is 326 g/mol. The summed E-state index contributed by atoms with van der Waals surface area (Å²) < 4.78 is 30.2. The number of nitrogens with one attached hydrogen (secondary N) is 1. The van der Waals surface area contributed by atoms with Gasteiger partial charge in [0.2, 0.25) is 5.91 Å². The minimum atomic E-state index is -3.90. The van der Waals surface area contributed by atoms with E-state index in [0.717, 1.165) is 11.1 Å². The van der Waals surface area contributed by atoms with Crippen molar-refractivity contribution in [3.8, 4) is 5.75 Å². The van der Waals surface area contributed by atoms with Gasteiger partial charge in [-0.3, -0.25) is 4.79 Å². The van der Waals surface area contributed by atoms with Gasteiger partial charge in [-0.25, -0.2) is 0 Å². The van der Waals surface area contributed by atoms with Crippen LogP contribution in [0.1, 0.15) is 25.0 Å². The van der Waals surface area contributed by atoms with Crippen LogP contribution in [-0.4, -0.2) is 20.4 Å². The third-order valence-corrected chi connectivity index (χ3v) is 4.71. The monoisotopic (exact) mass is 347 g/mol. The summed E-state index contributed by atoms with van der Waals surface area (Å²) in [7, 11) is -3.90. The summed E-state index contributed by atoms with van der Waals surface area (Å²) in [6.07, 6.45) is 0.471. The highest BCUT2D eigenvalue weighted by Gasteiger charge is 2.19. The van der Waals surface area contributed by atoms with Gasteiger partial charge in [-0.05, 0) is 44.0 Å². The van der Waals surface area contributed by atoms with Crippen LogP contribution < -0.4 is 9.50 Å². The van der Waals surface area contributed by atoms with Gasteiger partial charge in [-0.15, -0.1) is 0 Å². The van der Waals surface area contributed by atoms with Crippen molar-refractivity contribution in [1.29, 1.82) is 0 Å². The molecule has 24 heavy (non-hydrogen) atoms. The normalized spacial score (nSPS) is 12.5. The molecular formula is C18H21NO4S. The van der Waals surface area contributed by atoms with Crippen molar-refractivity contribution in [2.24, 2.45) is 0 Å². The van der Waals surface area contributed by atoms with Gasteiger partial charge in [0.1, 0.15) is 10.6 Å². The molecule has 0 saturated heterocycles. The second-order valence-electron chi connectivity index (χ2n) is 5.76. The minimum Gasteiger partial charge on any atom is -0.379 e. The molecule has 1 N–H and O–H groups in total. The van der Waals surface area contributed by atoms with Crippen molar-refractivity contribution in [2.75, 3.05) is 0 Å². The van der Waals surface area contributed by atoms with Crippen molar-refractivity contribution in [1.82, 2.24) is 5.32 Å². The van der Waals surface area contributed by atoms with Gasteiger partial charge in [0.05, 0.1) is 0 Å². The maximum atomic E-state index is 12.4. The molecule has 0 saturated carbocycles. The zero-order valence-electron chi connectivity index (χ0n) is 13.9. The third kappa shape index (κ3) is 4.83. The quantitative estimate of drug-likeness (QED) is 0.816. The van der Waals surface area contributed by atoms with E-state index in [9.17, 15) is 13.2 Å². The fourth-order valence-electron chi connectivity index (χ4n) is 2.35. The summed E-state index contributed by atoms with van der Waals surface area (Å²) in [5.74, 6) is 0.142. The molecule has 6 heteroatoms. The highest BCUT2D eigenvalue weighted by molar-refractivity contribution is 7.87. The number of carbonyl (C=O) groups excluding carboxylic acids is 1. The summed E-state index contributed by atoms with van der Waals surface area (Å²) in [5, 5.41) is 2.78. The van der Waals surface area contributed by atoms with Gasteiger partial charge in [0, 0.05) is 13.0 Å². The fourth-order valence-corrected chi connectivity index (χ4v) is 3.32. The average Bonchev–Trinajstić information content (AvgIpc) is 2.48. The molecule has 1 atom stereocenters. The fraction of sp³-hybridized carbons (Fsp3) is 0.278. The Kier molecular flexibility index (Phi) is 5.62. The lowest BCUT2D eigenvalue weighted by atomic mass is 10.1. The first-order chi connectivity index (χ1) is 11.3. The van der Waals surface area contributed by atoms with Gasteiger partial charge < -0.3 is 9.50 Å². The predicted octanol–water partition coefficient (Wildman–Crippen LogP) is 2.83. The molecule has 0 aliphatic heterocycles. The second kappa shape index (κ2) is 7.49. The van der Waals surface area contributed by atoms with Crippen LogP contribution in [0.2, 0.25) is 0 Å². The molecule has 0 bridgehead atoms. The summed E-state index contributed by atoms with van der Waals surface area (Å²) in [5.41, 5.74) is 1.69. The first-order valence-electron chi connectivity index (χ1n) is 7.64. The molecule has 0 aliphatic rings.